The van der Waals surface area contributed by atoms with Gasteiger partial charge < -0.3 is 16.0 Å². The average molecular weight is 418 g/mol. The molecule has 1 atom stereocenters. The summed E-state index contributed by atoms with van der Waals surface area (Å²) in [6.07, 6.45) is 1.98. The van der Waals surface area contributed by atoms with Crippen LogP contribution < -0.4 is 11.1 Å². The van der Waals surface area contributed by atoms with Crippen molar-refractivity contribution in [3.05, 3.63) is 77.5 Å². The highest BCUT2D eigenvalue weighted by Crippen LogP contribution is 2.23. The third-order valence-electron chi connectivity index (χ3n) is 5.65. The van der Waals surface area contributed by atoms with Crippen molar-refractivity contribution in [2.75, 3.05) is 12.3 Å². The summed E-state index contributed by atoms with van der Waals surface area (Å²) in [6, 6.07) is 19.1. The summed E-state index contributed by atoms with van der Waals surface area (Å²) in [5, 5.41) is 7.57. The Kier molecular flexibility index (Phi) is 6.02. The number of anilines is 1. The number of aryl methyl sites for hydroxylation is 1. The van der Waals surface area contributed by atoms with Crippen LogP contribution in [-0.2, 0) is 29.0 Å². The molecule has 160 valence electrons. The highest BCUT2D eigenvalue weighted by molar-refractivity contribution is 5.87. The van der Waals surface area contributed by atoms with Crippen LogP contribution in [0.25, 0.3) is 5.69 Å². The fraction of sp³-hybridized carbons (Fsp3) is 0.292. The van der Waals surface area contributed by atoms with E-state index in [1.165, 1.54) is 6.92 Å². The number of amides is 2. The lowest BCUT2D eigenvalue weighted by atomic mass is 9.93. The summed E-state index contributed by atoms with van der Waals surface area (Å²) in [5.74, 6) is 0.388. The number of hydrogen-bond acceptors (Lipinski definition) is 4. The number of nitrogens with two attached hydrogens (primary N) is 1. The van der Waals surface area contributed by atoms with Gasteiger partial charge in [-0.05, 0) is 36.1 Å². The van der Waals surface area contributed by atoms with Crippen molar-refractivity contribution < 1.29 is 9.59 Å². The van der Waals surface area contributed by atoms with Crippen molar-refractivity contribution in [1.29, 1.82) is 0 Å². The molecule has 0 saturated carbocycles. The second-order valence-electron chi connectivity index (χ2n) is 7.84. The highest BCUT2D eigenvalue weighted by atomic mass is 16.2. The fourth-order valence-electron chi connectivity index (χ4n) is 4.03. The van der Waals surface area contributed by atoms with E-state index in [-0.39, 0.29) is 11.8 Å². The summed E-state index contributed by atoms with van der Waals surface area (Å²) >= 11 is 0. The van der Waals surface area contributed by atoms with Crippen LogP contribution in [0, 0.1) is 0 Å². The largest absolute Gasteiger partial charge is 0.384 e. The maximum absolute atomic E-state index is 12.8. The van der Waals surface area contributed by atoms with Gasteiger partial charge in [-0.2, -0.15) is 5.10 Å². The first-order valence-electron chi connectivity index (χ1n) is 10.5. The molecular weight excluding hydrogens is 390 g/mol. The van der Waals surface area contributed by atoms with Gasteiger partial charge in [-0.25, -0.2) is 4.68 Å². The zero-order valence-corrected chi connectivity index (χ0v) is 17.6. The summed E-state index contributed by atoms with van der Waals surface area (Å²) in [4.78, 5) is 26.6. The highest BCUT2D eigenvalue weighted by Gasteiger charge is 2.32. The quantitative estimate of drug-likeness (QED) is 0.603. The zero-order chi connectivity index (χ0) is 21.8. The van der Waals surface area contributed by atoms with E-state index in [2.05, 4.69) is 10.4 Å². The number of fused-ring (bicyclic) bond motifs is 1. The average Bonchev–Trinajstić information content (AvgIpc) is 3.16. The molecule has 0 bridgehead atoms. The molecule has 7 nitrogen and oxygen atoms in total. The molecule has 0 aliphatic carbocycles. The second-order valence-corrected chi connectivity index (χ2v) is 7.84. The second kappa shape index (κ2) is 9.04. The molecule has 3 aromatic rings. The third kappa shape index (κ3) is 4.60. The Labute approximate surface area is 181 Å². The molecule has 2 heterocycles. The van der Waals surface area contributed by atoms with Crippen LogP contribution in [0.15, 0.2) is 60.7 Å². The maximum atomic E-state index is 12.8. The number of para-hydroxylation sites is 1. The van der Waals surface area contributed by atoms with Gasteiger partial charge in [-0.15, -0.1) is 0 Å². The van der Waals surface area contributed by atoms with Gasteiger partial charge in [0.1, 0.15) is 11.9 Å². The van der Waals surface area contributed by atoms with E-state index >= 15 is 0 Å². The van der Waals surface area contributed by atoms with Crippen molar-refractivity contribution in [1.82, 2.24) is 20.0 Å². The summed E-state index contributed by atoms with van der Waals surface area (Å²) < 4.78 is 1.72. The fourth-order valence-corrected chi connectivity index (χ4v) is 4.03. The van der Waals surface area contributed by atoms with E-state index in [0.29, 0.717) is 31.7 Å². The molecule has 2 aromatic carbocycles. The minimum atomic E-state index is -0.472. The van der Waals surface area contributed by atoms with Gasteiger partial charge in [-0.1, -0.05) is 42.5 Å². The van der Waals surface area contributed by atoms with Crippen molar-refractivity contribution in [3.63, 3.8) is 0 Å². The van der Waals surface area contributed by atoms with E-state index < -0.39 is 6.04 Å². The van der Waals surface area contributed by atoms with Crippen molar-refractivity contribution in [2.45, 2.75) is 38.8 Å². The van der Waals surface area contributed by atoms with Gasteiger partial charge in [-0.3, -0.25) is 9.59 Å². The van der Waals surface area contributed by atoms with Crippen LogP contribution in [0.1, 0.15) is 30.2 Å². The minimum Gasteiger partial charge on any atom is -0.384 e. The molecule has 7 heteroatoms. The molecule has 0 fully saturated rings. The van der Waals surface area contributed by atoms with Gasteiger partial charge in [0, 0.05) is 32.5 Å². The summed E-state index contributed by atoms with van der Waals surface area (Å²) in [6.45, 7) is 2.50. The topological polar surface area (TPSA) is 93.3 Å². The van der Waals surface area contributed by atoms with Crippen LogP contribution in [0.4, 0.5) is 5.82 Å². The monoisotopic (exact) mass is 417 g/mol. The van der Waals surface area contributed by atoms with Gasteiger partial charge in [0.2, 0.25) is 11.8 Å². The van der Waals surface area contributed by atoms with Crippen molar-refractivity contribution >= 4 is 17.6 Å². The number of carbonyl (C=O) groups excluding carboxylic acids is 2. The predicted octanol–water partition coefficient (Wildman–Crippen LogP) is 2.48. The lowest BCUT2D eigenvalue weighted by Gasteiger charge is -2.35. The summed E-state index contributed by atoms with van der Waals surface area (Å²) in [7, 11) is 0. The zero-order valence-electron chi connectivity index (χ0n) is 17.6. The molecule has 3 N–H and O–H groups in total. The normalized spacial score (nSPS) is 15.4. The molecule has 0 saturated heterocycles. The predicted molar refractivity (Wildman–Crippen MR) is 119 cm³/mol. The molecule has 4 rings (SSSR count). The van der Waals surface area contributed by atoms with E-state index in [1.807, 2.05) is 60.7 Å². The molecule has 1 aliphatic rings. The lowest BCUT2D eigenvalue weighted by molar-refractivity contribution is -0.140. The Balaban J connectivity index is 1.33. The van der Waals surface area contributed by atoms with Crippen LogP contribution in [0.2, 0.25) is 0 Å². The number of rotatable bonds is 6. The molecule has 31 heavy (non-hydrogen) atoms. The van der Waals surface area contributed by atoms with E-state index in [0.717, 1.165) is 28.9 Å². The molecule has 1 unspecified atom stereocenters. The molecule has 1 aromatic heterocycles. The molecule has 0 radical (unpaired) electrons. The first-order chi connectivity index (χ1) is 15.0. The van der Waals surface area contributed by atoms with Crippen molar-refractivity contribution in [3.8, 4) is 5.69 Å². The number of benzene rings is 2. The standard InChI is InChI=1S/C24H27N5O2/c1-17(30)28-16-19-9-6-5-8-18(19)14-22(28)24(31)26-13-7-10-20-15-23(25)29(27-20)21-11-3-2-4-12-21/h2-6,8-9,11-12,15,22H,7,10,13-14,16,25H2,1H3,(H,26,31). The van der Waals surface area contributed by atoms with Gasteiger partial charge >= 0.3 is 0 Å². The Hall–Kier alpha value is -3.61. The number of nitrogens with one attached hydrogen (secondary N) is 1. The Morgan fingerprint density at radius 3 is 2.55 bits per heavy atom. The lowest BCUT2D eigenvalue weighted by Crippen LogP contribution is -2.52. The molecule has 1 aliphatic heterocycles. The number of carbonyl (C=O) groups is 2. The first-order valence-corrected chi connectivity index (χ1v) is 10.5. The number of nitrogens with zero attached hydrogens (tertiary/aromatic N) is 3. The summed E-state index contributed by atoms with van der Waals surface area (Å²) in [5.41, 5.74) is 10.1. The van der Waals surface area contributed by atoms with Gasteiger partial charge in [0.25, 0.3) is 0 Å². The number of aromatic nitrogens is 2. The van der Waals surface area contributed by atoms with Crippen LogP contribution >= 0.6 is 0 Å². The van der Waals surface area contributed by atoms with E-state index in [4.69, 9.17) is 5.73 Å². The third-order valence-corrected chi connectivity index (χ3v) is 5.65. The van der Waals surface area contributed by atoms with Gasteiger partial charge in [0.05, 0.1) is 11.4 Å². The molecule has 2 amide bonds. The minimum absolute atomic E-state index is 0.0865. The SMILES string of the molecule is CC(=O)N1Cc2ccccc2CC1C(=O)NCCCc1cc(N)n(-c2ccccc2)n1. The maximum Gasteiger partial charge on any atom is 0.243 e. The Morgan fingerprint density at radius 2 is 1.81 bits per heavy atom. The van der Waals surface area contributed by atoms with E-state index in [1.54, 1.807) is 9.58 Å². The Morgan fingerprint density at radius 1 is 1.10 bits per heavy atom. The Bertz CT molecular complexity index is 1080. The van der Waals surface area contributed by atoms with Crippen LogP contribution in [-0.4, -0.2) is 39.1 Å². The number of hydrogen-bond donors (Lipinski definition) is 2. The van der Waals surface area contributed by atoms with Crippen LogP contribution in [0.3, 0.4) is 0 Å². The first kappa shape index (κ1) is 20.7. The molecule has 0 spiro atoms. The number of nitrogen functional groups attached to an aromatic ring is 1. The smallest absolute Gasteiger partial charge is 0.243 e. The van der Waals surface area contributed by atoms with Crippen molar-refractivity contribution in [2.24, 2.45) is 0 Å². The van der Waals surface area contributed by atoms with Crippen LogP contribution in [0.5, 0.6) is 0 Å². The van der Waals surface area contributed by atoms with Gasteiger partial charge in [0.15, 0.2) is 0 Å². The van der Waals surface area contributed by atoms with E-state index in [9.17, 15) is 9.59 Å². The molecular formula is C24H27N5O2.